The van der Waals surface area contributed by atoms with Gasteiger partial charge in [-0.3, -0.25) is 0 Å². The summed E-state index contributed by atoms with van der Waals surface area (Å²) in [5, 5.41) is 7.68. The molecule has 0 bridgehead atoms. The van der Waals surface area contributed by atoms with Gasteiger partial charge in [0, 0.05) is 30.4 Å². The zero-order valence-corrected chi connectivity index (χ0v) is 10.7. The normalized spacial score (nSPS) is 10.6. The molecule has 90 valence electrons. The second-order valence-corrected chi connectivity index (χ2v) is 4.83. The molecule has 2 aromatic rings. The second-order valence-electron chi connectivity index (χ2n) is 3.68. The van der Waals surface area contributed by atoms with Crippen LogP contribution in [0.25, 0.3) is 5.52 Å². The summed E-state index contributed by atoms with van der Waals surface area (Å²) in [6.07, 6.45) is 5.54. The summed E-state index contributed by atoms with van der Waals surface area (Å²) in [5.41, 5.74) is 2.03. The first-order chi connectivity index (χ1) is 8.31. The van der Waals surface area contributed by atoms with Crippen LogP contribution in [0.2, 0.25) is 0 Å². The van der Waals surface area contributed by atoms with Crippen molar-refractivity contribution < 1.29 is 0 Å². The zero-order chi connectivity index (χ0) is 12.1. The molecule has 0 aliphatic heterocycles. The van der Waals surface area contributed by atoms with E-state index in [1.54, 1.807) is 6.20 Å². The van der Waals surface area contributed by atoms with E-state index in [9.17, 15) is 0 Å². The van der Waals surface area contributed by atoms with Crippen molar-refractivity contribution in [2.24, 2.45) is 0 Å². The molecule has 0 amide bonds. The highest BCUT2D eigenvalue weighted by Gasteiger charge is 2.03. The van der Waals surface area contributed by atoms with Gasteiger partial charge in [-0.25, -0.2) is 9.50 Å². The van der Waals surface area contributed by atoms with E-state index in [0.29, 0.717) is 0 Å². The van der Waals surface area contributed by atoms with Gasteiger partial charge in [0.25, 0.3) is 0 Å². The van der Waals surface area contributed by atoms with Gasteiger partial charge in [-0.15, -0.1) is 6.58 Å². The maximum atomic E-state index is 4.35. The third kappa shape index (κ3) is 3.00. The van der Waals surface area contributed by atoms with Gasteiger partial charge in [0.1, 0.15) is 5.52 Å². The molecular weight excluding hydrogens is 232 g/mol. The van der Waals surface area contributed by atoms with Crippen LogP contribution >= 0.6 is 11.8 Å². The Morgan fingerprint density at radius 3 is 3.29 bits per heavy atom. The maximum Gasteiger partial charge on any atom is 0.152 e. The SMILES string of the molecule is C=CCSCCNc1nccn2nc(C)cc12. The molecule has 1 N–H and O–H groups in total. The van der Waals surface area contributed by atoms with Gasteiger partial charge in [0.05, 0.1) is 5.69 Å². The Balaban J connectivity index is 2.00. The number of fused-ring (bicyclic) bond motifs is 1. The second kappa shape index (κ2) is 5.72. The van der Waals surface area contributed by atoms with Crippen LogP contribution in [0.15, 0.2) is 31.1 Å². The van der Waals surface area contributed by atoms with Crippen LogP contribution in [0.3, 0.4) is 0 Å². The first-order valence-electron chi connectivity index (χ1n) is 5.55. The van der Waals surface area contributed by atoms with Gasteiger partial charge in [-0.1, -0.05) is 6.08 Å². The van der Waals surface area contributed by atoms with Crippen LogP contribution in [-0.2, 0) is 0 Å². The summed E-state index contributed by atoms with van der Waals surface area (Å²) < 4.78 is 1.85. The Morgan fingerprint density at radius 1 is 1.59 bits per heavy atom. The molecule has 2 heterocycles. The molecule has 0 fully saturated rings. The minimum Gasteiger partial charge on any atom is -0.367 e. The first-order valence-corrected chi connectivity index (χ1v) is 6.70. The summed E-state index contributed by atoms with van der Waals surface area (Å²) in [5.74, 6) is 2.93. The van der Waals surface area contributed by atoms with E-state index in [-0.39, 0.29) is 0 Å². The van der Waals surface area contributed by atoms with E-state index in [1.807, 2.05) is 41.5 Å². The van der Waals surface area contributed by atoms with Crippen molar-refractivity contribution in [3.05, 3.63) is 36.8 Å². The number of aryl methyl sites for hydroxylation is 1. The zero-order valence-electron chi connectivity index (χ0n) is 9.89. The Hall–Kier alpha value is -1.49. The Kier molecular flexibility index (Phi) is 4.03. The van der Waals surface area contributed by atoms with Gasteiger partial charge in [0.15, 0.2) is 5.82 Å². The van der Waals surface area contributed by atoms with Crippen LogP contribution in [0, 0.1) is 6.92 Å². The first kappa shape index (κ1) is 12.0. The molecular formula is C12H16N4S. The van der Waals surface area contributed by atoms with Gasteiger partial charge in [-0.2, -0.15) is 16.9 Å². The quantitative estimate of drug-likeness (QED) is 0.629. The lowest BCUT2D eigenvalue weighted by Gasteiger charge is -2.05. The number of hydrogen-bond donors (Lipinski definition) is 1. The van der Waals surface area contributed by atoms with Gasteiger partial charge < -0.3 is 5.32 Å². The molecule has 0 atom stereocenters. The lowest BCUT2D eigenvalue weighted by Crippen LogP contribution is -2.07. The van der Waals surface area contributed by atoms with E-state index < -0.39 is 0 Å². The van der Waals surface area contributed by atoms with E-state index in [0.717, 1.165) is 35.1 Å². The third-order valence-corrected chi connectivity index (χ3v) is 3.25. The lowest BCUT2D eigenvalue weighted by atomic mass is 10.4. The monoisotopic (exact) mass is 248 g/mol. The van der Waals surface area contributed by atoms with Crippen molar-refractivity contribution in [2.45, 2.75) is 6.92 Å². The highest BCUT2D eigenvalue weighted by molar-refractivity contribution is 7.99. The molecule has 4 nitrogen and oxygen atoms in total. The predicted octanol–water partition coefficient (Wildman–Crippen LogP) is 2.37. The van der Waals surface area contributed by atoms with E-state index >= 15 is 0 Å². The Labute approximate surface area is 105 Å². The van der Waals surface area contributed by atoms with Crippen LogP contribution in [-0.4, -0.2) is 32.6 Å². The summed E-state index contributed by atoms with van der Waals surface area (Å²) in [7, 11) is 0. The molecule has 0 aliphatic rings. The average Bonchev–Trinajstić information content (AvgIpc) is 2.70. The smallest absolute Gasteiger partial charge is 0.152 e. The Morgan fingerprint density at radius 2 is 2.47 bits per heavy atom. The number of rotatable bonds is 6. The molecule has 5 heteroatoms. The molecule has 2 rings (SSSR count). The summed E-state index contributed by atoms with van der Waals surface area (Å²) in [6.45, 7) is 6.58. The predicted molar refractivity (Wildman–Crippen MR) is 73.7 cm³/mol. The summed E-state index contributed by atoms with van der Waals surface area (Å²) >= 11 is 1.85. The van der Waals surface area contributed by atoms with Crippen LogP contribution in [0.1, 0.15) is 5.69 Å². The van der Waals surface area contributed by atoms with E-state index in [1.165, 1.54) is 0 Å². The standard InChI is InChI=1S/C12H16N4S/c1-3-7-17-8-5-14-12-11-9-10(2)15-16(11)6-4-13-12/h3-4,6,9H,1,5,7-8H2,2H3,(H,13,14). The number of nitrogens with one attached hydrogen (secondary N) is 1. The molecule has 0 unspecified atom stereocenters. The molecule has 0 saturated carbocycles. The van der Waals surface area contributed by atoms with Crippen molar-refractivity contribution in [2.75, 3.05) is 23.4 Å². The third-order valence-electron chi connectivity index (χ3n) is 2.29. The van der Waals surface area contributed by atoms with Crippen molar-refractivity contribution >= 4 is 23.1 Å². The highest BCUT2D eigenvalue weighted by Crippen LogP contribution is 2.14. The van der Waals surface area contributed by atoms with Crippen LogP contribution < -0.4 is 5.32 Å². The summed E-state index contributed by atoms with van der Waals surface area (Å²) in [6, 6.07) is 2.03. The van der Waals surface area contributed by atoms with Gasteiger partial charge >= 0.3 is 0 Å². The van der Waals surface area contributed by atoms with Gasteiger partial charge in [0.2, 0.25) is 0 Å². The fraction of sp³-hybridized carbons (Fsp3) is 0.333. The number of nitrogens with zero attached hydrogens (tertiary/aromatic N) is 3. The number of anilines is 1. The largest absolute Gasteiger partial charge is 0.367 e. The molecule has 0 aliphatic carbocycles. The average molecular weight is 248 g/mol. The van der Waals surface area contributed by atoms with Crippen molar-refractivity contribution in [3.8, 4) is 0 Å². The Bertz CT molecular complexity index is 506. The summed E-state index contributed by atoms with van der Waals surface area (Å²) in [4.78, 5) is 4.34. The molecule has 0 radical (unpaired) electrons. The maximum absolute atomic E-state index is 4.35. The molecule has 0 saturated heterocycles. The fourth-order valence-corrected chi connectivity index (χ4v) is 2.17. The molecule has 2 aromatic heterocycles. The van der Waals surface area contributed by atoms with Crippen LogP contribution in [0.5, 0.6) is 0 Å². The van der Waals surface area contributed by atoms with Crippen molar-refractivity contribution in [1.82, 2.24) is 14.6 Å². The van der Waals surface area contributed by atoms with Gasteiger partial charge in [-0.05, 0) is 13.0 Å². The minimum atomic E-state index is 0.896. The highest BCUT2D eigenvalue weighted by atomic mass is 32.2. The topological polar surface area (TPSA) is 42.2 Å². The van der Waals surface area contributed by atoms with Crippen LogP contribution in [0.4, 0.5) is 5.82 Å². The fourth-order valence-electron chi connectivity index (χ4n) is 1.59. The minimum absolute atomic E-state index is 0.896. The van der Waals surface area contributed by atoms with Crippen molar-refractivity contribution in [1.29, 1.82) is 0 Å². The molecule has 0 spiro atoms. The van der Waals surface area contributed by atoms with E-state index in [4.69, 9.17) is 0 Å². The lowest BCUT2D eigenvalue weighted by molar-refractivity contribution is 0.921. The number of aromatic nitrogens is 3. The van der Waals surface area contributed by atoms with E-state index in [2.05, 4.69) is 22.0 Å². The van der Waals surface area contributed by atoms with Crippen molar-refractivity contribution in [3.63, 3.8) is 0 Å². The molecule has 0 aromatic carbocycles. The number of hydrogen-bond acceptors (Lipinski definition) is 4. The molecule has 17 heavy (non-hydrogen) atoms. The number of thioether (sulfide) groups is 1.